The number of piperazine rings is 2. The number of carbonyl (C=O) groups is 3. The Labute approximate surface area is 308 Å². The Hall–Kier alpha value is -2.15. The lowest BCUT2D eigenvalue weighted by atomic mass is 9.49. The first-order valence-electron chi connectivity index (χ1n) is 20.4. The first-order valence-corrected chi connectivity index (χ1v) is 20.4. The van der Waals surface area contributed by atoms with Gasteiger partial charge >= 0.3 is 11.9 Å². The molecule has 13 atom stereocenters. The van der Waals surface area contributed by atoms with E-state index in [-0.39, 0.29) is 66.1 Å². The topological polar surface area (TPSA) is 123 Å². The number of likely N-dealkylation sites (N-methyl/N-ethyl adjacent to an activating group) is 2. The van der Waals surface area contributed by atoms with Crippen LogP contribution in [0.1, 0.15) is 57.8 Å². The predicted octanol–water partition coefficient (Wildman–Crippen LogP) is 1.97. The Morgan fingerprint density at radius 2 is 1.21 bits per heavy atom. The number of hydrogen-bond donors (Lipinski definition) is 2. The minimum absolute atomic E-state index is 0.0292. The largest absolute Gasteiger partial charge is 0.461 e. The number of hydrogen-bond acceptors (Lipinski definition) is 11. The zero-order valence-corrected chi connectivity index (χ0v) is 31.3. The third-order valence-electron chi connectivity index (χ3n) is 16.4. The number of carbonyl (C=O) groups excluding carboxylic acids is 3. The minimum Gasteiger partial charge on any atom is -0.461 e. The molecular weight excluding hydrogens is 660 g/mol. The fourth-order valence-corrected chi connectivity index (χ4v) is 13.6. The average molecular weight is 721 g/mol. The summed E-state index contributed by atoms with van der Waals surface area (Å²) in [6.07, 6.45) is 3.65. The van der Waals surface area contributed by atoms with Crippen molar-refractivity contribution < 1.29 is 34.1 Å². The number of fused-ring (bicyclic) bond motifs is 10. The highest BCUT2D eigenvalue weighted by molar-refractivity contribution is 5.91. The molecule has 0 aromatic rings. The highest BCUT2D eigenvalue weighted by Gasteiger charge is 2.81. The van der Waals surface area contributed by atoms with Crippen molar-refractivity contribution in [2.24, 2.45) is 52.8 Å². The summed E-state index contributed by atoms with van der Waals surface area (Å²) in [5.74, 6) is -2.71. The van der Waals surface area contributed by atoms with Gasteiger partial charge < -0.3 is 29.5 Å². The molecule has 4 saturated heterocycles. The van der Waals surface area contributed by atoms with Gasteiger partial charge in [-0.15, -0.1) is 0 Å². The van der Waals surface area contributed by atoms with E-state index in [2.05, 4.69) is 46.9 Å². The second-order valence-corrected chi connectivity index (χ2v) is 18.7. The maximum absolute atomic E-state index is 14.9. The zero-order valence-electron chi connectivity index (χ0n) is 31.3. The fraction of sp³-hybridized carbons (Fsp3) is 0.829. The van der Waals surface area contributed by atoms with Crippen LogP contribution in [-0.4, -0.2) is 150 Å². The van der Waals surface area contributed by atoms with Gasteiger partial charge in [0.15, 0.2) is 0 Å². The van der Waals surface area contributed by atoms with Gasteiger partial charge in [0, 0.05) is 95.5 Å². The fourth-order valence-electron chi connectivity index (χ4n) is 13.6. The van der Waals surface area contributed by atoms with Crippen LogP contribution in [0.5, 0.6) is 0 Å². The molecule has 9 aliphatic rings. The number of ether oxygens (including phenoxy) is 2. The lowest BCUT2D eigenvalue weighted by molar-refractivity contribution is -0.256. The Morgan fingerprint density at radius 3 is 1.75 bits per heavy atom. The molecular formula is C41H60N4O7. The molecule has 5 aliphatic carbocycles. The number of nitrogens with zero attached hydrogens (tertiary/aromatic N) is 4. The minimum atomic E-state index is -1.78. The molecule has 0 bridgehead atoms. The maximum Gasteiger partial charge on any atom is 0.310 e. The van der Waals surface area contributed by atoms with Crippen LogP contribution in [0.3, 0.4) is 0 Å². The number of ketones is 1. The van der Waals surface area contributed by atoms with Crippen LogP contribution >= 0.6 is 0 Å². The van der Waals surface area contributed by atoms with Crippen molar-refractivity contribution in [1.29, 1.82) is 0 Å². The molecule has 286 valence electrons. The molecule has 4 aliphatic heterocycles. The van der Waals surface area contributed by atoms with E-state index in [1.165, 1.54) is 0 Å². The molecule has 1 spiro atoms. The first kappa shape index (κ1) is 35.5. The quantitative estimate of drug-likeness (QED) is 0.328. The summed E-state index contributed by atoms with van der Waals surface area (Å²) in [6.45, 7) is 17.8. The van der Waals surface area contributed by atoms with Crippen molar-refractivity contribution in [1.82, 2.24) is 19.6 Å². The van der Waals surface area contributed by atoms with Crippen molar-refractivity contribution >= 4 is 17.7 Å². The number of Topliss-reactive ketones (excluding diaryl/α,β-unsaturated/α-hetero) is 1. The summed E-state index contributed by atoms with van der Waals surface area (Å²) in [5, 5.41) is 26.9. The molecule has 9 rings (SSSR count). The van der Waals surface area contributed by atoms with Crippen molar-refractivity contribution in [2.45, 2.75) is 81.2 Å². The van der Waals surface area contributed by atoms with Gasteiger partial charge in [0.2, 0.25) is 0 Å². The molecule has 11 heteroatoms. The standard InChI is InChI=1S/C41H60N4O7/c1-24-6-8-26-30(22-44-16-12-42(3)13-17-44)37(47)51-35(26)33-28(24)20-32(46)39(33)10-5-11-40(49)34-29(21-41(39,40)50)25(2)7-9-27-31(38(48)52-36(27)34)23-45-18-14-43(4)15-19-45/h26-31,33-36,49-50H,1-2,5-23H2,3-4H3/t26-,27-,28-,29-,30?,31?,33-,34-,35-,36-,39+,40-,41-/m0/s1. The number of esters is 2. The summed E-state index contributed by atoms with van der Waals surface area (Å²) < 4.78 is 12.8. The van der Waals surface area contributed by atoms with Gasteiger partial charge in [0.05, 0.1) is 17.3 Å². The smallest absolute Gasteiger partial charge is 0.310 e. The maximum atomic E-state index is 14.9. The summed E-state index contributed by atoms with van der Waals surface area (Å²) in [6, 6.07) is 0. The third kappa shape index (κ3) is 5.01. The van der Waals surface area contributed by atoms with Gasteiger partial charge in [0.1, 0.15) is 29.2 Å². The normalized spacial score (nSPS) is 48.8. The Morgan fingerprint density at radius 1 is 0.712 bits per heavy atom. The van der Waals surface area contributed by atoms with E-state index in [9.17, 15) is 24.6 Å². The van der Waals surface area contributed by atoms with E-state index in [1.807, 2.05) is 0 Å². The molecule has 0 aromatic carbocycles. The van der Waals surface area contributed by atoms with Gasteiger partial charge in [-0.3, -0.25) is 24.2 Å². The Balaban J connectivity index is 1.06. The summed E-state index contributed by atoms with van der Waals surface area (Å²) in [4.78, 5) is 51.9. The van der Waals surface area contributed by atoms with E-state index >= 15 is 0 Å². The van der Waals surface area contributed by atoms with Crippen LogP contribution in [0, 0.1) is 52.8 Å². The molecule has 52 heavy (non-hydrogen) atoms. The van der Waals surface area contributed by atoms with E-state index in [0.717, 1.165) is 82.8 Å². The second kappa shape index (κ2) is 12.7. The van der Waals surface area contributed by atoms with Gasteiger partial charge in [-0.05, 0) is 77.3 Å². The van der Waals surface area contributed by atoms with E-state index < -0.39 is 40.7 Å². The molecule has 2 N–H and O–H groups in total. The lowest BCUT2D eigenvalue weighted by Gasteiger charge is -2.58. The van der Waals surface area contributed by atoms with Crippen LogP contribution in [0.4, 0.5) is 0 Å². The first-order chi connectivity index (χ1) is 24.9. The van der Waals surface area contributed by atoms with Crippen molar-refractivity contribution in [3.05, 3.63) is 24.3 Å². The second-order valence-electron chi connectivity index (χ2n) is 18.7. The third-order valence-corrected chi connectivity index (χ3v) is 16.4. The summed E-state index contributed by atoms with van der Waals surface area (Å²) >= 11 is 0. The van der Waals surface area contributed by atoms with Crippen molar-refractivity contribution in [3.8, 4) is 0 Å². The monoisotopic (exact) mass is 720 g/mol. The highest BCUT2D eigenvalue weighted by atomic mass is 16.6. The molecule has 5 saturated carbocycles. The summed E-state index contributed by atoms with van der Waals surface area (Å²) in [7, 11) is 4.25. The summed E-state index contributed by atoms with van der Waals surface area (Å²) in [5.41, 5.74) is -2.76. The highest BCUT2D eigenvalue weighted by Crippen LogP contribution is 2.72. The molecule has 2 unspecified atom stereocenters. The van der Waals surface area contributed by atoms with Crippen LogP contribution in [0.15, 0.2) is 24.3 Å². The molecule has 4 heterocycles. The Bertz CT molecular complexity index is 1520. The van der Waals surface area contributed by atoms with Crippen LogP contribution in [0.2, 0.25) is 0 Å². The van der Waals surface area contributed by atoms with Gasteiger partial charge in [-0.1, -0.05) is 24.3 Å². The van der Waals surface area contributed by atoms with Gasteiger partial charge in [0.25, 0.3) is 0 Å². The molecule has 0 amide bonds. The Kier molecular flexibility index (Phi) is 8.68. The van der Waals surface area contributed by atoms with Gasteiger partial charge in [-0.25, -0.2) is 0 Å². The van der Waals surface area contributed by atoms with E-state index in [4.69, 9.17) is 9.47 Å². The van der Waals surface area contributed by atoms with Crippen LogP contribution < -0.4 is 0 Å². The number of aliphatic hydroxyl groups is 2. The van der Waals surface area contributed by atoms with Crippen molar-refractivity contribution in [3.63, 3.8) is 0 Å². The molecule has 0 aromatic heterocycles. The lowest BCUT2D eigenvalue weighted by Crippen LogP contribution is -2.71. The van der Waals surface area contributed by atoms with E-state index in [0.29, 0.717) is 38.8 Å². The molecule has 0 radical (unpaired) electrons. The number of rotatable bonds is 4. The zero-order chi connectivity index (χ0) is 36.3. The average Bonchev–Trinajstić information content (AvgIpc) is 3.71. The molecule has 11 nitrogen and oxygen atoms in total. The van der Waals surface area contributed by atoms with Crippen LogP contribution in [-0.2, 0) is 23.9 Å². The van der Waals surface area contributed by atoms with E-state index in [1.54, 1.807) is 0 Å². The van der Waals surface area contributed by atoms with Crippen LogP contribution in [0.25, 0.3) is 0 Å². The SMILES string of the molecule is C=C1CC[C@H]2C(CN3CCN(C)CC3)C(=O)O[C@@H]2[C@@H]2[C@H]1C[C@@]1(O)[C@]2(O)CCC[C@]12C(=O)C[C@H]1C(=C)CC[C@H]3C(CN4CCN(C)CC4)C(=O)O[C@@H]3[C@H]12. The molecule has 9 fully saturated rings. The number of allylic oxidation sites excluding steroid dienone is 2. The van der Waals surface area contributed by atoms with Crippen molar-refractivity contribution in [2.75, 3.05) is 79.5 Å². The predicted molar refractivity (Wildman–Crippen MR) is 193 cm³/mol. The van der Waals surface area contributed by atoms with Gasteiger partial charge in [-0.2, -0.15) is 0 Å².